The van der Waals surface area contributed by atoms with Gasteiger partial charge in [0.1, 0.15) is 0 Å². The third-order valence-corrected chi connectivity index (χ3v) is 8.35. The Morgan fingerprint density at radius 2 is 0.674 bits per heavy atom. The fourth-order valence-corrected chi connectivity index (χ4v) is 6.06. The van der Waals surface area contributed by atoms with E-state index in [4.69, 9.17) is 11.6 Å². The molecule has 224 valence electrons. The molecule has 6 aromatic rings. The molecule has 0 fully saturated rings. The standard InChI is InChI=1S/C42H34ClN3/c43-33-21-23-38(24-22-33)46(41-29-25-39(26-30-41)44(34-13-5-1-6-14-34)35-15-7-2-8-16-35)42-31-27-40(28-32-42)45(36-17-9-3-10-18-36)37-19-11-4-12-20-37/h1-3,5-11,13-32H,4,12H2. The van der Waals surface area contributed by atoms with Crippen LogP contribution in [0.25, 0.3) is 0 Å². The molecule has 6 aromatic carbocycles. The van der Waals surface area contributed by atoms with Crippen molar-refractivity contribution in [2.75, 3.05) is 14.7 Å². The lowest BCUT2D eigenvalue weighted by Crippen LogP contribution is -2.16. The number of allylic oxidation sites excluding steroid dienone is 3. The average Bonchev–Trinajstić information content (AvgIpc) is 3.13. The summed E-state index contributed by atoms with van der Waals surface area (Å²) in [6.07, 6.45) is 8.91. The molecule has 0 aliphatic heterocycles. The Bertz CT molecular complexity index is 1880. The van der Waals surface area contributed by atoms with Crippen molar-refractivity contribution >= 4 is 57.1 Å². The molecular weight excluding hydrogens is 582 g/mol. The van der Waals surface area contributed by atoms with Crippen molar-refractivity contribution in [3.8, 4) is 0 Å². The van der Waals surface area contributed by atoms with Crippen LogP contribution in [-0.2, 0) is 0 Å². The molecule has 0 saturated heterocycles. The van der Waals surface area contributed by atoms with Gasteiger partial charge in [0.15, 0.2) is 0 Å². The molecular formula is C42H34ClN3. The number of anilines is 8. The minimum atomic E-state index is 0.711. The summed E-state index contributed by atoms with van der Waals surface area (Å²) >= 11 is 6.33. The van der Waals surface area contributed by atoms with Crippen LogP contribution in [0.1, 0.15) is 12.8 Å². The van der Waals surface area contributed by atoms with Gasteiger partial charge in [-0.15, -0.1) is 0 Å². The highest BCUT2D eigenvalue weighted by atomic mass is 35.5. The molecule has 0 spiro atoms. The molecule has 7 rings (SSSR count). The van der Waals surface area contributed by atoms with E-state index >= 15 is 0 Å². The molecule has 4 heteroatoms. The van der Waals surface area contributed by atoms with Crippen LogP contribution in [0.4, 0.5) is 45.5 Å². The third kappa shape index (κ3) is 6.32. The number of halogens is 1. The van der Waals surface area contributed by atoms with Crippen molar-refractivity contribution in [1.29, 1.82) is 0 Å². The predicted octanol–water partition coefficient (Wildman–Crippen LogP) is 12.7. The van der Waals surface area contributed by atoms with E-state index in [2.05, 4.69) is 172 Å². The zero-order valence-corrected chi connectivity index (χ0v) is 26.2. The van der Waals surface area contributed by atoms with Crippen LogP contribution in [0.15, 0.2) is 188 Å². The van der Waals surface area contributed by atoms with Crippen molar-refractivity contribution in [3.63, 3.8) is 0 Å². The van der Waals surface area contributed by atoms with Crippen LogP contribution >= 0.6 is 11.6 Å². The molecule has 46 heavy (non-hydrogen) atoms. The summed E-state index contributed by atoms with van der Waals surface area (Å²) in [6.45, 7) is 0. The van der Waals surface area contributed by atoms with Gasteiger partial charge in [-0.1, -0.05) is 78.4 Å². The molecule has 0 bridgehead atoms. The summed E-state index contributed by atoms with van der Waals surface area (Å²) in [4.78, 5) is 6.87. The first-order valence-electron chi connectivity index (χ1n) is 15.6. The Morgan fingerprint density at radius 1 is 0.348 bits per heavy atom. The van der Waals surface area contributed by atoms with Gasteiger partial charge in [0, 0.05) is 56.2 Å². The SMILES string of the molecule is Clc1ccc(N(c2ccc(N(C3=CCCC=C3)c3ccccc3)cc2)c2ccc(N(c3ccccc3)c3ccccc3)cc2)cc1. The summed E-state index contributed by atoms with van der Waals surface area (Å²) in [7, 11) is 0. The third-order valence-electron chi connectivity index (χ3n) is 8.09. The second-order valence-corrected chi connectivity index (χ2v) is 11.6. The summed E-state index contributed by atoms with van der Waals surface area (Å²) in [6, 6.07) is 57.1. The zero-order chi connectivity index (χ0) is 31.1. The van der Waals surface area contributed by atoms with Gasteiger partial charge in [-0.2, -0.15) is 0 Å². The maximum Gasteiger partial charge on any atom is 0.0463 e. The van der Waals surface area contributed by atoms with Gasteiger partial charge in [0.05, 0.1) is 0 Å². The molecule has 1 aliphatic carbocycles. The largest absolute Gasteiger partial charge is 0.311 e. The van der Waals surface area contributed by atoms with E-state index in [-0.39, 0.29) is 0 Å². The lowest BCUT2D eigenvalue weighted by atomic mass is 10.1. The van der Waals surface area contributed by atoms with E-state index in [1.54, 1.807) is 0 Å². The first-order valence-corrected chi connectivity index (χ1v) is 16.0. The number of hydrogen-bond acceptors (Lipinski definition) is 3. The van der Waals surface area contributed by atoms with Crippen LogP contribution in [-0.4, -0.2) is 0 Å². The van der Waals surface area contributed by atoms with Crippen LogP contribution in [0.5, 0.6) is 0 Å². The maximum atomic E-state index is 6.33. The Hall–Kier alpha value is -5.51. The van der Waals surface area contributed by atoms with Gasteiger partial charge in [-0.25, -0.2) is 0 Å². The smallest absolute Gasteiger partial charge is 0.0463 e. The number of benzene rings is 6. The molecule has 0 amide bonds. The summed E-state index contributed by atoms with van der Waals surface area (Å²) in [5.41, 5.74) is 9.89. The highest BCUT2D eigenvalue weighted by Gasteiger charge is 2.18. The lowest BCUT2D eigenvalue weighted by molar-refractivity contribution is 0.997. The molecule has 0 aromatic heterocycles. The molecule has 0 radical (unpaired) electrons. The first kappa shape index (κ1) is 29.2. The monoisotopic (exact) mass is 615 g/mol. The number of hydrogen-bond donors (Lipinski definition) is 0. The maximum absolute atomic E-state index is 6.33. The van der Waals surface area contributed by atoms with E-state index in [0.29, 0.717) is 5.02 Å². The molecule has 0 heterocycles. The van der Waals surface area contributed by atoms with Crippen LogP contribution in [0.3, 0.4) is 0 Å². The Morgan fingerprint density at radius 3 is 1.04 bits per heavy atom. The molecule has 3 nitrogen and oxygen atoms in total. The molecule has 1 aliphatic rings. The minimum absolute atomic E-state index is 0.711. The van der Waals surface area contributed by atoms with E-state index in [1.165, 1.54) is 5.70 Å². The van der Waals surface area contributed by atoms with E-state index < -0.39 is 0 Å². The highest BCUT2D eigenvalue weighted by molar-refractivity contribution is 6.30. The molecule has 0 atom stereocenters. The van der Waals surface area contributed by atoms with Crippen LogP contribution in [0.2, 0.25) is 5.02 Å². The second-order valence-electron chi connectivity index (χ2n) is 11.1. The summed E-state index contributed by atoms with van der Waals surface area (Å²) < 4.78 is 0. The number of rotatable bonds is 9. The van der Waals surface area contributed by atoms with Crippen molar-refractivity contribution in [2.24, 2.45) is 0 Å². The van der Waals surface area contributed by atoms with Crippen molar-refractivity contribution in [1.82, 2.24) is 0 Å². The first-order chi connectivity index (χ1) is 22.7. The van der Waals surface area contributed by atoms with Crippen molar-refractivity contribution < 1.29 is 0 Å². The Labute approximate surface area is 276 Å². The normalized spacial score (nSPS) is 12.3. The number of para-hydroxylation sites is 3. The van der Waals surface area contributed by atoms with Gasteiger partial charge in [-0.05, 0) is 128 Å². The van der Waals surface area contributed by atoms with Gasteiger partial charge in [-0.3, -0.25) is 0 Å². The summed E-state index contributed by atoms with van der Waals surface area (Å²) in [5.74, 6) is 0. The predicted molar refractivity (Wildman–Crippen MR) is 196 cm³/mol. The van der Waals surface area contributed by atoms with Gasteiger partial charge in [0.2, 0.25) is 0 Å². The summed E-state index contributed by atoms with van der Waals surface area (Å²) in [5, 5.41) is 0.711. The van der Waals surface area contributed by atoms with Gasteiger partial charge in [0.25, 0.3) is 0 Å². The minimum Gasteiger partial charge on any atom is -0.311 e. The molecule has 0 saturated carbocycles. The van der Waals surface area contributed by atoms with Crippen LogP contribution < -0.4 is 14.7 Å². The molecule has 0 unspecified atom stereocenters. The van der Waals surface area contributed by atoms with E-state index in [1.807, 2.05) is 24.3 Å². The topological polar surface area (TPSA) is 9.72 Å². The van der Waals surface area contributed by atoms with Gasteiger partial charge < -0.3 is 14.7 Å². The van der Waals surface area contributed by atoms with Gasteiger partial charge >= 0.3 is 0 Å². The van der Waals surface area contributed by atoms with Crippen molar-refractivity contribution in [2.45, 2.75) is 12.8 Å². The fraction of sp³-hybridized carbons (Fsp3) is 0.0476. The van der Waals surface area contributed by atoms with E-state index in [9.17, 15) is 0 Å². The highest BCUT2D eigenvalue weighted by Crippen LogP contribution is 2.40. The quantitative estimate of drug-likeness (QED) is 0.160. The number of nitrogens with zero attached hydrogens (tertiary/aromatic N) is 3. The average molecular weight is 616 g/mol. The second kappa shape index (κ2) is 13.6. The Balaban J connectivity index is 1.27. The van der Waals surface area contributed by atoms with Crippen LogP contribution in [0, 0.1) is 0 Å². The lowest BCUT2D eigenvalue weighted by Gasteiger charge is -2.30. The van der Waals surface area contributed by atoms with Crippen molar-refractivity contribution in [3.05, 3.63) is 193 Å². The van der Waals surface area contributed by atoms with E-state index in [0.717, 1.165) is 58.3 Å². The zero-order valence-electron chi connectivity index (χ0n) is 25.5. The fourth-order valence-electron chi connectivity index (χ4n) is 5.93. The molecule has 0 N–H and O–H groups in total. The Kier molecular flexibility index (Phi) is 8.66.